The molecule has 0 bridgehead atoms. The van der Waals surface area contributed by atoms with E-state index in [-0.39, 0.29) is 126 Å². The van der Waals surface area contributed by atoms with E-state index >= 15 is 0 Å². The van der Waals surface area contributed by atoms with E-state index in [4.69, 9.17) is 63.3 Å². The molecule has 13 fully saturated rings. The molecule has 714 valence electrons. The minimum atomic E-state index is -0.906. The summed E-state index contributed by atoms with van der Waals surface area (Å²) in [6, 6.07) is 0. The first kappa shape index (κ1) is 117. The predicted octanol–water partition coefficient (Wildman–Crippen LogP) is 13.9. The molecule has 9 heterocycles. The van der Waals surface area contributed by atoms with Crippen LogP contribution in [0.2, 0.25) is 0 Å². The van der Waals surface area contributed by atoms with Gasteiger partial charge in [0.2, 0.25) is 0 Å². The molecule has 9 unspecified atom stereocenters. The third kappa shape index (κ3) is 65.6. The van der Waals surface area contributed by atoms with Crippen LogP contribution in [0.5, 0.6) is 0 Å². The molecule has 13 aliphatic rings. The summed E-state index contributed by atoms with van der Waals surface area (Å²) in [6.45, 7) is 40.7. The lowest BCUT2D eigenvalue weighted by molar-refractivity contribution is -0.166. The smallest absolute Gasteiger partial charge is 0.466 e. The quantitative estimate of drug-likeness (QED) is 0.0128. The van der Waals surface area contributed by atoms with E-state index < -0.39 is 35.1 Å². The zero-order valence-corrected chi connectivity index (χ0v) is 75.0. The first-order valence-electron chi connectivity index (χ1n) is 43.7. The van der Waals surface area contributed by atoms with Crippen molar-refractivity contribution < 1.29 is 152 Å². The largest absolute Gasteiger partial charge is 0.508 e. The van der Waals surface area contributed by atoms with Crippen LogP contribution in [0.4, 0.5) is 9.59 Å². The van der Waals surface area contributed by atoms with Gasteiger partial charge in [0.15, 0.2) is 12.1 Å². The normalized spacial score (nSPS) is 23.1. The van der Waals surface area contributed by atoms with Gasteiger partial charge in [0.1, 0.15) is 104 Å². The zero-order chi connectivity index (χ0) is 92.9. The van der Waals surface area contributed by atoms with Crippen molar-refractivity contribution in [3.05, 3.63) is 75.9 Å². The van der Waals surface area contributed by atoms with Crippen LogP contribution >= 0.6 is 0 Å². The third-order valence-corrected chi connectivity index (χ3v) is 19.2. The molecular weight excluding hydrogens is 1640 g/mol. The molecule has 0 N–H and O–H groups in total. The molecule has 126 heavy (non-hydrogen) atoms. The maximum atomic E-state index is 11.4. The molecule has 0 aromatic heterocycles. The Kier molecular flexibility index (Phi) is 67.8. The first-order valence-corrected chi connectivity index (χ1v) is 43.7. The SMILES string of the molecule is C.C#CCC1CCCCC1=O.C=CC1CCCCC1=O.C=CCC1CCCCC1=O.C=CCCC(=O)OCC1CO1.C=CCCC(=O)OCCC1CO1.C=CCOC(=O)C1(C)COC(=O)OC1.C=CCOCC1CO1.CC1CO1.CCOC(=O)C1(C)COC(=O)OC1.CCOC(C)OCC1CO1.O=C1CCC(=O)OC1.O=C1CCCCC1.O=C1CCOC(=O)CC1. The average molecular weight is 1790 g/mol. The minimum absolute atomic E-state index is 0. The van der Waals surface area contributed by atoms with Crippen molar-refractivity contribution in [2.45, 2.75) is 272 Å². The number of carbonyl (C=O) groups excluding carboxylic acids is 14. The number of Topliss-reactive ketones (excluding diaryl/α,β-unsaturated/α-hetero) is 6. The molecular formula is C94H146O32. The van der Waals surface area contributed by atoms with E-state index in [0.717, 1.165) is 136 Å². The molecule has 0 aromatic carbocycles. The minimum Gasteiger partial charge on any atom is -0.466 e. The van der Waals surface area contributed by atoms with Gasteiger partial charge in [0.25, 0.3) is 0 Å². The van der Waals surface area contributed by atoms with Crippen LogP contribution in [0.1, 0.15) is 235 Å². The van der Waals surface area contributed by atoms with Gasteiger partial charge >= 0.3 is 48.1 Å². The van der Waals surface area contributed by atoms with E-state index in [9.17, 15) is 67.1 Å². The number of rotatable bonds is 29. The summed E-state index contributed by atoms with van der Waals surface area (Å²) < 4.78 is 86.7. The maximum absolute atomic E-state index is 11.4. The molecule has 4 saturated carbocycles. The number of hydrogen-bond acceptors (Lipinski definition) is 32. The van der Waals surface area contributed by atoms with Gasteiger partial charge < -0.3 is 85.3 Å². The van der Waals surface area contributed by atoms with E-state index in [1.54, 1.807) is 45.1 Å². The lowest BCUT2D eigenvalue weighted by Crippen LogP contribution is -2.44. The van der Waals surface area contributed by atoms with Crippen molar-refractivity contribution >= 4 is 82.8 Å². The summed E-state index contributed by atoms with van der Waals surface area (Å²) in [5.41, 5.74) is -1.76. The summed E-state index contributed by atoms with van der Waals surface area (Å²) in [4.78, 5) is 151. The van der Waals surface area contributed by atoms with Gasteiger partial charge in [-0.15, -0.1) is 45.2 Å². The number of ether oxygens (including phenoxy) is 18. The Morgan fingerprint density at radius 2 is 0.937 bits per heavy atom. The number of allylic oxidation sites excluding steroid dienone is 4. The Bertz CT molecular complexity index is 3220. The Hall–Kier alpha value is -8.94. The summed E-state index contributed by atoms with van der Waals surface area (Å²) in [7, 11) is 0. The van der Waals surface area contributed by atoms with Gasteiger partial charge in [0, 0.05) is 101 Å². The van der Waals surface area contributed by atoms with Crippen LogP contribution < -0.4 is 0 Å². The lowest BCUT2D eigenvalue weighted by Gasteiger charge is -2.29. The number of epoxide rings is 5. The summed E-state index contributed by atoms with van der Waals surface area (Å²) in [5.74, 6) is 3.38. The number of ketones is 6. The fraction of sp³-hybridized carbons (Fsp3) is 0.702. The predicted molar refractivity (Wildman–Crippen MR) is 466 cm³/mol. The summed E-state index contributed by atoms with van der Waals surface area (Å²) in [6.07, 6.45) is 39.4. The highest BCUT2D eigenvalue weighted by Gasteiger charge is 2.43. The van der Waals surface area contributed by atoms with Gasteiger partial charge in [-0.3, -0.25) is 57.5 Å². The van der Waals surface area contributed by atoms with Crippen LogP contribution in [0, 0.1) is 40.9 Å². The van der Waals surface area contributed by atoms with Gasteiger partial charge in [-0.2, -0.15) is 0 Å². The number of terminal acetylenes is 1. The Morgan fingerprint density at radius 1 is 0.476 bits per heavy atom. The number of hydrogen-bond donors (Lipinski definition) is 0. The van der Waals surface area contributed by atoms with Crippen molar-refractivity contribution in [3.63, 3.8) is 0 Å². The monoisotopic (exact) mass is 1790 g/mol. The summed E-state index contributed by atoms with van der Waals surface area (Å²) in [5, 5.41) is 0. The highest BCUT2D eigenvalue weighted by molar-refractivity contribution is 5.89. The highest BCUT2D eigenvalue weighted by Crippen LogP contribution is 2.28. The molecule has 9 aliphatic heterocycles. The van der Waals surface area contributed by atoms with Crippen LogP contribution in [0.3, 0.4) is 0 Å². The Labute approximate surface area is 746 Å². The van der Waals surface area contributed by atoms with Crippen LogP contribution in [0.25, 0.3) is 0 Å². The second kappa shape index (κ2) is 73.0. The maximum Gasteiger partial charge on any atom is 0.508 e. The molecule has 0 aromatic rings. The number of carbonyl (C=O) groups is 14. The molecule has 4 aliphatic carbocycles. The molecule has 0 spiro atoms. The average Bonchev–Trinajstić information content (AvgIpc) is 1.49. The van der Waals surface area contributed by atoms with Crippen molar-refractivity contribution in [1.82, 2.24) is 0 Å². The van der Waals surface area contributed by atoms with Gasteiger partial charge in [-0.05, 0) is 112 Å². The highest BCUT2D eigenvalue weighted by atomic mass is 16.7. The second-order valence-corrected chi connectivity index (χ2v) is 31.0. The van der Waals surface area contributed by atoms with E-state index in [1.807, 2.05) is 19.9 Å². The fourth-order valence-electron chi connectivity index (χ4n) is 11.0. The standard InChI is InChI=1S/C9H12O5.C9H14O3.C9H14O.C9H12O.C8H12O5.C8H12O3.C8H12O.C7H14O3.C6H8O3.C6H10O2.C6H10O.C5H6O3.C3H6O.CH4/c1-3-4-12-7(10)9(2)5-13-8(11)14-6-9;1-2-3-4-9(10)11-6-5-8-7-12-8;2*1-2-5-8-6-3-4-7-9(8)10;1-3-11-6(9)8(2)4-12-7(10)13-5-8;1-2-3-4-8(9)11-6-7-5-10-7;1-2-7-5-3-4-6-8(7)9;1-3-8-6(2)9-4-7-5-10-7;7-5-1-2-6(8)9-4-3-5;1-2-3-7-4-6-5-8-6;7-6-4-2-1-3-5-6;6-4-1-2-5(7)8-3-4;1-3-2-4-3;/h3H,1,4-6H2,2H3;2,8H,1,3-7H2;2,8H,1,3-7H2;1,8H,3-7H2;3-5H2,1-2H3;2,7H,1,3-6H2;2,7H,1,3-6H2;6-7H,3-5H2,1-2H3;1-4H2;2,6H,1,3-5H2;1-5H2;1-3H2;3H,2H2,1H3;1H4. The second-order valence-electron chi connectivity index (χ2n) is 31.0. The van der Waals surface area contributed by atoms with E-state index in [0.29, 0.717) is 144 Å². The zero-order valence-electron chi connectivity index (χ0n) is 75.0. The molecule has 0 amide bonds. The molecule has 32 nitrogen and oxygen atoms in total. The van der Waals surface area contributed by atoms with Crippen LogP contribution in [-0.2, 0) is 143 Å². The van der Waals surface area contributed by atoms with E-state index in [1.165, 1.54) is 31.8 Å². The van der Waals surface area contributed by atoms with Crippen molar-refractivity contribution in [1.29, 1.82) is 0 Å². The first-order chi connectivity index (χ1) is 60.0. The summed E-state index contributed by atoms with van der Waals surface area (Å²) >= 11 is 0. The molecule has 32 heteroatoms. The lowest BCUT2D eigenvalue weighted by atomic mass is 9.86. The third-order valence-electron chi connectivity index (χ3n) is 19.2. The molecule has 0 radical (unpaired) electrons. The van der Waals surface area contributed by atoms with Gasteiger partial charge in [0.05, 0.1) is 97.7 Å². The van der Waals surface area contributed by atoms with E-state index in [2.05, 4.69) is 80.7 Å². The Balaban J connectivity index is 0.00000135. The van der Waals surface area contributed by atoms with Gasteiger partial charge in [-0.1, -0.05) is 76.1 Å². The number of cyclic esters (lactones) is 6. The van der Waals surface area contributed by atoms with Gasteiger partial charge in [-0.25, -0.2) is 9.59 Å². The number of esters is 6. The molecule has 13 rings (SSSR count). The van der Waals surface area contributed by atoms with Crippen molar-refractivity contribution in [3.8, 4) is 12.3 Å². The molecule has 9 saturated heterocycles. The Morgan fingerprint density at radius 3 is 1.36 bits per heavy atom. The topological polar surface area (TPSA) is 422 Å². The van der Waals surface area contributed by atoms with Crippen LogP contribution in [-0.4, -0.2) is 245 Å². The van der Waals surface area contributed by atoms with Crippen molar-refractivity contribution in [2.24, 2.45) is 28.6 Å². The fourth-order valence-corrected chi connectivity index (χ4v) is 11.0. The molecule has 9 atom stereocenters. The van der Waals surface area contributed by atoms with Crippen LogP contribution in [0.15, 0.2) is 75.9 Å². The van der Waals surface area contributed by atoms with Crippen molar-refractivity contribution in [2.75, 3.05) is 126 Å².